The molecule has 0 amide bonds. The summed E-state index contributed by atoms with van der Waals surface area (Å²) in [7, 11) is -4.43. The second-order valence-electron chi connectivity index (χ2n) is 23.0. The van der Waals surface area contributed by atoms with E-state index in [9.17, 15) is 19.0 Å². The molecule has 0 aromatic heterocycles. The maximum Gasteiger partial charge on any atom is 0.472 e. The highest BCUT2D eigenvalue weighted by atomic mass is 31.2. The average Bonchev–Trinajstić information content (AvgIpc) is 3.16. The zero-order valence-electron chi connectivity index (χ0n) is 59.3. The van der Waals surface area contributed by atoms with Crippen molar-refractivity contribution in [1.82, 2.24) is 0 Å². The number of hydrogen-bond donors (Lipinski definition) is 2. The molecule has 0 spiro atoms. The Balaban J connectivity index is 4.08. The van der Waals surface area contributed by atoms with Crippen LogP contribution in [0, 0.1) is 0 Å². The third-order valence-electron chi connectivity index (χ3n) is 14.2. The number of phosphoric acid groups is 1. The van der Waals surface area contributed by atoms with E-state index in [1.165, 1.54) is 38.5 Å². The van der Waals surface area contributed by atoms with Gasteiger partial charge in [0, 0.05) is 19.4 Å². The fraction of sp³-hybridized carbons (Fsp3) is 0.506. The van der Waals surface area contributed by atoms with Crippen LogP contribution in [0.5, 0.6) is 0 Å². The molecular weight excluding hydrogens is 1190 g/mol. The van der Waals surface area contributed by atoms with Crippen LogP contribution in [0.25, 0.3) is 0 Å². The maximum atomic E-state index is 12.8. The fourth-order valence-electron chi connectivity index (χ4n) is 8.93. The highest BCUT2D eigenvalue weighted by molar-refractivity contribution is 7.47. The fourth-order valence-corrected chi connectivity index (χ4v) is 9.69. The predicted molar refractivity (Wildman–Crippen MR) is 412 cm³/mol. The minimum atomic E-state index is -4.43. The van der Waals surface area contributed by atoms with Crippen molar-refractivity contribution in [2.45, 2.75) is 251 Å². The number of carbonyl (C=O) groups excluding carboxylic acids is 2. The van der Waals surface area contributed by atoms with Crippen LogP contribution < -0.4 is 5.73 Å². The molecule has 3 N–H and O–H groups in total. The molecule has 0 aliphatic carbocycles. The molecule has 0 heterocycles. The number of esters is 2. The van der Waals surface area contributed by atoms with Gasteiger partial charge in [-0.1, -0.05) is 308 Å². The van der Waals surface area contributed by atoms with E-state index in [-0.39, 0.29) is 32.6 Å². The molecule has 9 nitrogen and oxygen atoms in total. The van der Waals surface area contributed by atoms with Gasteiger partial charge in [-0.3, -0.25) is 18.6 Å². The summed E-state index contributed by atoms with van der Waals surface area (Å²) in [6, 6.07) is 0. The lowest BCUT2D eigenvalue weighted by atomic mass is 10.1. The summed E-state index contributed by atoms with van der Waals surface area (Å²) in [6.45, 7) is 3.43. The molecule has 95 heavy (non-hydrogen) atoms. The lowest BCUT2D eigenvalue weighted by Gasteiger charge is -2.19. The van der Waals surface area contributed by atoms with Crippen LogP contribution in [-0.2, 0) is 32.7 Å². The highest BCUT2D eigenvalue weighted by Crippen LogP contribution is 2.43. The molecule has 0 radical (unpaired) electrons. The number of rotatable bonds is 65. The van der Waals surface area contributed by atoms with Crippen molar-refractivity contribution in [3.05, 3.63) is 243 Å². The molecule has 0 rings (SSSR count). The third kappa shape index (κ3) is 76.7. The Labute approximate surface area is 580 Å². The third-order valence-corrected chi connectivity index (χ3v) is 15.2. The minimum Gasteiger partial charge on any atom is -0.462 e. The number of ether oxygens (including phenoxy) is 2. The summed E-state index contributed by atoms with van der Waals surface area (Å²) in [5, 5.41) is 0. The van der Waals surface area contributed by atoms with Gasteiger partial charge < -0.3 is 20.1 Å². The van der Waals surface area contributed by atoms with Crippen LogP contribution in [0.1, 0.15) is 245 Å². The van der Waals surface area contributed by atoms with E-state index < -0.39 is 32.5 Å². The molecule has 0 saturated carbocycles. The first-order valence-electron chi connectivity index (χ1n) is 36.5. The van der Waals surface area contributed by atoms with Crippen LogP contribution in [0.3, 0.4) is 0 Å². The van der Waals surface area contributed by atoms with Crippen molar-refractivity contribution in [2.24, 2.45) is 5.73 Å². The Morgan fingerprint density at radius 1 is 0.316 bits per heavy atom. The van der Waals surface area contributed by atoms with Crippen molar-refractivity contribution in [3.8, 4) is 0 Å². The van der Waals surface area contributed by atoms with Crippen molar-refractivity contribution in [3.63, 3.8) is 0 Å². The SMILES string of the molecule is CC/C=C\C/C=C\C/C=C\C/C=C\C/C=C\C/C=C\C/C=C\C/C=C\C/C=C\C/C=C\C/C=C\C/C=C\CCCCC(=O)OC(COC(=O)CCCCCCCCCCCC/C=C\C/C=C\C/C=C\C/C=C\C/C=C\C/C=C\C/C=C\C/C=C\CC)COP(=O)(O)OCCN. The summed E-state index contributed by atoms with van der Waals surface area (Å²) in [4.78, 5) is 35.4. The molecule has 0 fully saturated rings. The van der Waals surface area contributed by atoms with Gasteiger partial charge in [0.25, 0.3) is 0 Å². The van der Waals surface area contributed by atoms with Gasteiger partial charge in [-0.25, -0.2) is 4.57 Å². The Morgan fingerprint density at radius 2 is 0.547 bits per heavy atom. The molecule has 2 unspecified atom stereocenters. The van der Waals surface area contributed by atoms with Crippen LogP contribution in [-0.4, -0.2) is 49.3 Å². The predicted octanol–water partition coefficient (Wildman–Crippen LogP) is 24.7. The summed E-state index contributed by atoms with van der Waals surface area (Å²) < 4.78 is 33.1. The Hall–Kier alpha value is -6.19. The van der Waals surface area contributed by atoms with E-state index in [4.69, 9.17) is 24.3 Å². The smallest absolute Gasteiger partial charge is 0.462 e. The van der Waals surface area contributed by atoms with Crippen molar-refractivity contribution < 1.29 is 37.6 Å². The lowest BCUT2D eigenvalue weighted by Crippen LogP contribution is -2.29. The molecule has 0 bridgehead atoms. The molecule has 0 aromatic carbocycles. The molecule has 528 valence electrons. The molecule has 2 atom stereocenters. The zero-order chi connectivity index (χ0) is 68.6. The number of phosphoric ester groups is 1. The van der Waals surface area contributed by atoms with Crippen LogP contribution >= 0.6 is 7.82 Å². The highest BCUT2D eigenvalue weighted by Gasteiger charge is 2.26. The number of allylic oxidation sites excluding steroid dienone is 40. The van der Waals surface area contributed by atoms with Gasteiger partial charge in [0.2, 0.25) is 0 Å². The topological polar surface area (TPSA) is 134 Å². The Kier molecular flexibility index (Phi) is 71.8. The van der Waals surface area contributed by atoms with Crippen molar-refractivity contribution >= 4 is 19.8 Å². The second kappa shape index (κ2) is 76.8. The molecule has 0 aliphatic heterocycles. The van der Waals surface area contributed by atoms with Gasteiger partial charge in [0.05, 0.1) is 13.2 Å². The van der Waals surface area contributed by atoms with Gasteiger partial charge in [0.1, 0.15) is 6.61 Å². The average molecular weight is 1320 g/mol. The monoisotopic (exact) mass is 1320 g/mol. The Bertz CT molecular complexity index is 2460. The second-order valence-corrected chi connectivity index (χ2v) is 24.4. The quantitative estimate of drug-likeness (QED) is 0.0264. The first-order valence-corrected chi connectivity index (χ1v) is 38.0. The van der Waals surface area contributed by atoms with E-state index in [1.807, 2.05) is 0 Å². The lowest BCUT2D eigenvalue weighted by molar-refractivity contribution is -0.161. The first-order chi connectivity index (χ1) is 46.8. The molecule has 0 saturated heterocycles. The molecule has 0 aliphatic rings. The van der Waals surface area contributed by atoms with E-state index in [0.29, 0.717) is 12.8 Å². The van der Waals surface area contributed by atoms with Crippen molar-refractivity contribution in [2.75, 3.05) is 26.4 Å². The number of nitrogens with two attached hydrogens (primary N) is 1. The van der Waals surface area contributed by atoms with E-state index in [2.05, 4.69) is 257 Å². The first kappa shape index (κ1) is 88.8. The van der Waals surface area contributed by atoms with Crippen LogP contribution in [0.15, 0.2) is 243 Å². The number of carbonyl (C=O) groups is 2. The van der Waals surface area contributed by atoms with E-state index >= 15 is 0 Å². The molecule has 10 heteroatoms. The standard InChI is InChI=1S/C85H130NO8P/c1-3-5-7-9-11-13-15-17-19-21-23-25-27-29-31-33-35-37-39-40-41-42-44-46-48-50-52-54-56-58-60-62-64-66-68-70-72-74-76-78-85(88)94-83(82-93-95(89,90)92-80-79-86)81-91-84(87)77-75-73-71-69-67-65-63-61-59-57-55-53-51-49-47-45-43-38-36-34-32-30-28-26-24-22-20-18-16-14-12-10-8-6-4-2/h5-8,11-14,17-20,23-26,29-32,35-38,40-41,44-47,50-53,56,58,62,64,68,70,83H,3-4,9-10,15-16,21-22,27-28,33-34,39,42-43,48-49,54-55,57,59-61,63,65-67,69,71-82,86H2,1-2H3,(H,89,90)/b7-5-,8-6-,13-11-,14-12-,19-17-,20-18-,25-23-,26-24-,31-29-,32-30-,37-35-,38-36-,41-40-,46-44-,47-45-,52-50-,53-51-,58-56-,64-62-,70-68-. The van der Waals surface area contributed by atoms with Gasteiger partial charge in [-0.2, -0.15) is 0 Å². The maximum absolute atomic E-state index is 12.8. The summed E-state index contributed by atoms with van der Waals surface area (Å²) in [6.07, 6.45) is 122. The summed E-state index contributed by atoms with van der Waals surface area (Å²) in [5.41, 5.74) is 5.40. The number of unbranched alkanes of at least 4 members (excludes halogenated alkanes) is 12. The normalized spacial score (nSPS) is 14.4. The van der Waals surface area contributed by atoms with Crippen LogP contribution in [0.2, 0.25) is 0 Å². The van der Waals surface area contributed by atoms with E-state index in [1.54, 1.807) is 0 Å². The largest absolute Gasteiger partial charge is 0.472 e. The van der Waals surface area contributed by atoms with Crippen LogP contribution in [0.4, 0.5) is 0 Å². The van der Waals surface area contributed by atoms with Crippen molar-refractivity contribution in [1.29, 1.82) is 0 Å². The minimum absolute atomic E-state index is 0.0324. The van der Waals surface area contributed by atoms with Gasteiger partial charge in [-0.05, 0) is 167 Å². The van der Waals surface area contributed by atoms with Gasteiger partial charge in [-0.15, -0.1) is 0 Å². The molecule has 0 aromatic rings. The zero-order valence-corrected chi connectivity index (χ0v) is 60.2. The number of hydrogen-bond acceptors (Lipinski definition) is 8. The Morgan fingerprint density at radius 3 is 0.832 bits per heavy atom. The summed E-state index contributed by atoms with van der Waals surface area (Å²) >= 11 is 0. The van der Waals surface area contributed by atoms with E-state index in [0.717, 1.165) is 167 Å². The van der Waals surface area contributed by atoms with Gasteiger partial charge >= 0.3 is 19.8 Å². The summed E-state index contributed by atoms with van der Waals surface area (Å²) in [5.74, 6) is -0.903. The molecular formula is C85H130NO8P. The van der Waals surface area contributed by atoms with Gasteiger partial charge in [0.15, 0.2) is 6.10 Å².